The van der Waals surface area contributed by atoms with Gasteiger partial charge in [-0.15, -0.1) is 0 Å². The maximum atomic E-state index is 10.8. The van der Waals surface area contributed by atoms with E-state index in [1.807, 2.05) is 24.3 Å². The third kappa shape index (κ3) is 3.61. The van der Waals surface area contributed by atoms with Gasteiger partial charge in [0.1, 0.15) is 0 Å². The van der Waals surface area contributed by atoms with Crippen LogP contribution in [0.5, 0.6) is 0 Å². The second-order valence-corrected chi connectivity index (χ2v) is 4.25. The maximum Gasteiger partial charge on any atom is 0.329 e. The van der Waals surface area contributed by atoms with E-state index in [2.05, 4.69) is 33.1 Å². The number of carbonyl (C=O) groups is 2. The molecule has 0 saturated heterocycles. The van der Waals surface area contributed by atoms with Crippen LogP contribution in [-0.4, -0.2) is 17.5 Å². The predicted octanol–water partition coefficient (Wildman–Crippen LogP) is 0.617. The molecular weight excluding hydrogens is 321 g/mol. The van der Waals surface area contributed by atoms with Gasteiger partial charge < -0.3 is 5.73 Å². The zero-order valence-electron chi connectivity index (χ0n) is 8.53. The SMILES string of the molecule is C/C(=N/NC(=O)C(N)=O)c1ccc(I)cc1. The third-order valence-electron chi connectivity index (χ3n) is 1.81. The van der Waals surface area contributed by atoms with E-state index in [4.69, 9.17) is 5.73 Å². The molecule has 0 saturated carbocycles. The van der Waals surface area contributed by atoms with Crippen molar-refractivity contribution in [3.8, 4) is 0 Å². The fourth-order valence-corrected chi connectivity index (χ4v) is 1.30. The summed E-state index contributed by atoms with van der Waals surface area (Å²) < 4.78 is 1.11. The number of nitrogens with two attached hydrogens (primary N) is 1. The Morgan fingerprint density at radius 2 is 1.88 bits per heavy atom. The Bertz CT molecular complexity index is 440. The Morgan fingerprint density at radius 1 is 1.31 bits per heavy atom. The van der Waals surface area contributed by atoms with E-state index < -0.39 is 11.8 Å². The van der Waals surface area contributed by atoms with Crippen molar-refractivity contribution in [2.24, 2.45) is 10.8 Å². The van der Waals surface area contributed by atoms with Gasteiger partial charge in [-0.05, 0) is 47.2 Å². The van der Waals surface area contributed by atoms with Crippen LogP contribution in [0, 0.1) is 3.57 Å². The van der Waals surface area contributed by atoms with Gasteiger partial charge in [0.05, 0.1) is 5.71 Å². The smallest absolute Gasteiger partial charge is 0.329 e. The predicted molar refractivity (Wildman–Crippen MR) is 68.7 cm³/mol. The maximum absolute atomic E-state index is 10.8. The Hall–Kier alpha value is -1.44. The molecule has 0 aliphatic rings. The van der Waals surface area contributed by atoms with Gasteiger partial charge >= 0.3 is 11.8 Å². The van der Waals surface area contributed by atoms with Crippen molar-refractivity contribution in [1.82, 2.24) is 5.43 Å². The number of hydrogen-bond acceptors (Lipinski definition) is 3. The van der Waals surface area contributed by atoms with Crippen LogP contribution in [0.1, 0.15) is 12.5 Å². The Labute approximate surface area is 106 Å². The van der Waals surface area contributed by atoms with E-state index in [-0.39, 0.29) is 0 Å². The van der Waals surface area contributed by atoms with Crippen molar-refractivity contribution in [3.63, 3.8) is 0 Å². The zero-order valence-corrected chi connectivity index (χ0v) is 10.7. The number of hydrazone groups is 1. The van der Waals surface area contributed by atoms with Crippen LogP contribution in [0.4, 0.5) is 0 Å². The monoisotopic (exact) mass is 331 g/mol. The average molecular weight is 331 g/mol. The molecule has 0 aromatic heterocycles. The normalized spacial score (nSPS) is 11.0. The molecule has 84 valence electrons. The minimum Gasteiger partial charge on any atom is -0.361 e. The second-order valence-electron chi connectivity index (χ2n) is 3.01. The van der Waals surface area contributed by atoms with Crippen molar-refractivity contribution in [1.29, 1.82) is 0 Å². The summed E-state index contributed by atoms with van der Waals surface area (Å²) in [6.45, 7) is 1.73. The number of primary amides is 1. The average Bonchev–Trinajstić information content (AvgIpc) is 2.26. The van der Waals surface area contributed by atoms with E-state index in [9.17, 15) is 9.59 Å². The van der Waals surface area contributed by atoms with Crippen molar-refractivity contribution < 1.29 is 9.59 Å². The molecular formula is C10H10IN3O2. The minimum atomic E-state index is -1.06. The molecule has 0 spiro atoms. The summed E-state index contributed by atoms with van der Waals surface area (Å²) >= 11 is 2.19. The number of hydrogen-bond donors (Lipinski definition) is 2. The molecule has 2 amide bonds. The highest BCUT2D eigenvalue weighted by molar-refractivity contribution is 14.1. The molecule has 0 radical (unpaired) electrons. The van der Waals surface area contributed by atoms with Gasteiger partial charge in [0.2, 0.25) is 0 Å². The number of nitrogens with zero attached hydrogens (tertiary/aromatic N) is 1. The van der Waals surface area contributed by atoms with Gasteiger partial charge in [0.25, 0.3) is 0 Å². The molecule has 1 aromatic rings. The molecule has 16 heavy (non-hydrogen) atoms. The van der Waals surface area contributed by atoms with Gasteiger partial charge in [-0.1, -0.05) is 12.1 Å². The molecule has 3 N–H and O–H groups in total. The lowest BCUT2D eigenvalue weighted by atomic mass is 10.1. The lowest BCUT2D eigenvalue weighted by Gasteiger charge is -2.01. The molecule has 0 unspecified atom stereocenters. The highest BCUT2D eigenvalue weighted by Gasteiger charge is 2.06. The van der Waals surface area contributed by atoms with Gasteiger partial charge in [-0.25, -0.2) is 5.43 Å². The first-order valence-corrected chi connectivity index (χ1v) is 5.48. The standard InChI is InChI=1S/C10H10IN3O2/c1-6(13-14-10(16)9(12)15)7-2-4-8(11)5-3-7/h2-5H,1H3,(H2,12,15)(H,14,16)/b13-6-. The van der Waals surface area contributed by atoms with Crippen molar-refractivity contribution in [2.75, 3.05) is 0 Å². The lowest BCUT2D eigenvalue weighted by molar-refractivity contribution is -0.137. The van der Waals surface area contributed by atoms with E-state index in [1.165, 1.54) is 0 Å². The van der Waals surface area contributed by atoms with Crippen LogP contribution in [0.25, 0.3) is 0 Å². The van der Waals surface area contributed by atoms with E-state index in [0.29, 0.717) is 5.71 Å². The van der Waals surface area contributed by atoms with Crippen LogP contribution in [0.2, 0.25) is 0 Å². The first kappa shape index (κ1) is 12.6. The summed E-state index contributed by atoms with van der Waals surface area (Å²) in [4.78, 5) is 21.3. The van der Waals surface area contributed by atoms with Gasteiger partial charge in [0, 0.05) is 3.57 Å². The Kier molecular flexibility index (Phi) is 4.41. The van der Waals surface area contributed by atoms with E-state index in [0.717, 1.165) is 9.13 Å². The molecule has 0 heterocycles. The van der Waals surface area contributed by atoms with Crippen LogP contribution in [0.3, 0.4) is 0 Å². The summed E-state index contributed by atoms with van der Waals surface area (Å²) in [6.07, 6.45) is 0. The third-order valence-corrected chi connectivity index (χ3v) is 2.53. The van der Waals surface area contributed by atoms with Gasteiger partial charge in [-0.2, -0.15) is 5.10 Å². The first-order chi connectivity index (χ1) is 7.50. The minimum absolute atomic E-state index is 0.603. The van der Waals surface area contributed by atoms with E-state index >= 15 is 0 Å². The number of rotatable bonds is 2. The van der Waals surface area contributed by atoms with Crippen LogP contribution >= 0.6 is 22.6 Å². The molecule has 0 bridgehead atoms. The molecule has 0 aliphatic carbocycles. The number of benzene rings is 1. The molecule has 0 fully saturated rings. The highest BCUT2D eigenvalue weighted by atomic mass is 127. The number of nitrogens with one attached hydrogen (secondary N) is 1. The quantitative estimate of drug-likeness (QED) is 0.360. The molecule has 6 heteroatoms. The van der Waals surface area contributed by atoms with E-state index in [1.54, 1.807) is 6.92 Å². The summed E-state index contributed by atoms with van der Waals surface area (Å²) in [5.74, 6) is -1.98. The van der Waals surface area contributed by atoms with Crippen LogP contribution in [-0.2, 0) is 9.59 Å². The van der Waals surface area contributed by atoms with Crippen LogP contribution in [0.15, 0.2) is 29.4 Å². The van der Waals surface area contributed by atoms with Crippen molar-refractivity contribution >= 4 is 40.1 Å². The highest BCUT2D eigenvalue weighted by Crippen LogP contribution is 2.07. The van der Waals surface area contributed by atoms with Crippen LogP contribution < -0.4 is 11.2 Å². The zero-order chi connectivity index (χ0) is 12.1. The Morgan fingerprint density at radius 3 is 2.38 bits per heavy atom. The largest absolute Gasteiger partial charge is 0.361 e. The summed E-state index contributed by atoms with van der Waals surface area (Å²) in [6, 6.07) is 7.59. The molecule has 5 nitrogen and oxygen atoms in total. The van der Waals surface area contributed by atoms with Gasteiger partial charge in [-0.3, -0.25) is 9.59 Å². The summed E-state index contributed by atoms with van der Waals surface area (Å²) in [7, 11) is 0. The topological polar surface area (TPSA) is 84.6 Å². The first-order valence-electron chi connectivity index (χ1n) is 4.40. The number of halogens is 1. The van der Waals surface area contributed by atoms with Crippen molar-refractivity contribution in [3.05, 3.63) is 33.4 Å². The second kappa shape index (κ2) is 5.59. The number of carbonyl (C=O) groups excluding carboxylic acids is 2. The molecule has 0 atom stereocenters. The fraction of sp³-hybridized carbons (Fsp3) is 0.100. The summed E-state index contributed by atoms with van der Waals surface area (Å²) in [5.41, 5.74) is 8.30. The molecule has 0 aliphatic heterocycles. The summed E-state index contributed by atoms with van der Waals surface area (Å²) in [5, 5.41) is 3.76. The number of amides is 2. The van der Waals surface area contributed by atoms with Crippen molar-refractivity contribution in [2.45, 2.75) is 6.92 Å². The molecule has 1 aromatic carbocycles. The Balaban J connectivity index is 2.74. The fourth-order valence-electron chi connectivity index (χ4n) is 0.945. The molecule has 1 rings (SSSR count). The lowest BCUT2D eigenvalue weighted by Crippen LogP contribution is -2.33. The van der Waals surface area contributed by atoms with Gasteiger partial charge in [0.15, 0.2) is 0 Å².